The van der Waals surface area contributed by atoms with Crippen molar-refractivity contribution in [3.8, 4) is 0 Å². The molecule has 0 unspecified atom stereocenters. The molecule has 0 aliphatic carbocycles. The van der Waals surface area contributed by atoms with E-state index < -0.39 is 22.0 Å². The molecule has 1 amide bonds. The van der Waals surface area contributed by atoms with E-state index in [-0.39, 0.29) is 33.7 Å². The lowest BCUT2D eigenvalue weighted by Crippen LogP contribution is -2.34. The summed E-state index contributed by atoms with van der Waals surface area (Å²) < 4.78 is 39.1. The maximum Gasteiger partial charge on any atom is 0.337 e. The van der Waals surface area contributed by atoms with Crippen molar-refractivity contribution in [1.29, 1.82) is 0 Å². The number of carbonyl (C=O) groups excluding carboxylic acids is 3. The Labute approximate surface area is 193 Å². The Bertz CT molecular complexity index is 1190. The predicted octanol–water partition coefficient (Wildman–Crippen LogP) is 3.12. The van der Waals surface area contributed by atoms with Crippen molar-refractivity contribution in [3.05, 3.63) is 51.5 Å². The lowest BCUT2D eigenvalue weighted by Gasteiger charge is -2.23. The summed E-state index contributed by atoms with van der Waals surface area (Å²) in [4.78, 5) is 37.6. The van der Waals surface area contributed by atoms with Gasteiger partial charge in [-0.1, -0.05) is 15.9 Å². The van der Waals surface area contributed by atoms with Gasteiger partial charge in [0.05, 0.1) is 36.7 Å². The fourth-order valence-electron chi connectivity index (χ4n) is 3.73. The van der Waals surface area contributed by atoms with Crippen LogP contribution >= 0.6 is 15.9 Å². The van der Waals surface area contributed by atoms with E-state index in [1.54, 1.807) is 6.07 Å². The number of carbonyl (C=O) groups is 3. The van der Waals surface area contributed by atoms with Crippen LogP contribution in [0.25, 0.3) is 0 Å². The van der Waals surface area contributed by atoms with E-state index in [4.69, 9.17) is 0 Å². The Morgan fingerprint density at radius 3 is 2.09 bits per heavy atom. The summed E-state index contributed by atoms with van der Waals surface area (Å²) in [6.45, 7) is 3.21. The number of esters is 2. The Morgan fingerprint density at radius 1 is 1.03 bits per heavy atom. The molecular formula is C21H21BrN2O7S. The van der Waals surface area contributed by atoms with Gasteiger partial charge in [0.1, 0.15) is 4.90 Å². The number of rotatable bonds is 5. The maximum atomic E-state index is 13.4. The zero-order valence-corrected chi connectivity index (χ0v) is 20.2. The summed E-state index contributed by atoms with van der Waals surface area (Å²) in [5, 5.41) is 0. The summed E-state index contributed by atoms with van der Waals surface area (Å²) >= 11 is 3.33. The topological polar surface area (TPSA) is 119 Å². The van der Waals surface area contributed by atoms with E-state index in [0.29, 0.717) is 22.1 Å². The summed E-state index contributed by atoms with van der Waals surface area (Å²) in [6, 6.07) is 6.71. The van der Waals surface area contributed by atoms with Gasteiger partial charge in [-0.2, -0.15) is 0 Å². The fraction of sp³-hybridized carbons (Fsp3) is 0.286. The Balaban J connectivity index is 2.13. The minimum atomic E-state index is -4.23. The highest BCUT2D eigenvalue weighted by Gasteiger charge is 2.35. The minimum absolute atomic E-state index is 0.0356. The van der Waals surface area contributed by atoms with Gasteiger partial charge in [0.25, 0.3) is 10.0 Å². The van der Waals surface area contributed by atoms with E-state index in [0.717, 1.165) is 0 Å². The number of hydrogen-bond donors (Lipinski definition) is 1. The third kappa shape index (κ3) is 4.49. The first kappa shape index (κ1) is 23.7. The number of ether oxygens (including phenoxy) is 2. The van der Waals surface area contributed by atoms with Crippen LogP contribution in [0.15, 0.2) is 39.7 Å². The van der Waals surface area contributed by atoms with Crippen molar-refractivity contribution in [2.75, 3.05) is 23.8 Å². The Morgan fingerprint density at radius 2 is 1.59 bits per heavy atom. The molecule has 3 rings (SSSR count). The largest absolute Gasteiger partial charge is 0.465 e. The number of halogens is 1. The normalized spacial score (nSPS) is 15.2. The molecule has 0 saturated carbocycles. The SMILES string of the molecule is COC(=O)c1cc(NS(=O)(=O)c2cc(Br)cc3c2N(C(C)=O)[C@@H](C)C3)cc(C(=O)OC)c1. The monoisotopic (exact) mass is 524 g/mol. The van der Waals surface area contributed by atoms with Gasteiger partial charge in [-0.25, -0.2) is 18.0 Å². The highest BCUT2D eigenvalue weighted by molar-refractivity contribution is 9.10. The number of anilines is 2. The van der Waals surface area contributed by atoms with E-state index in [9.17, 15) is 22.8 Å². The van der Waals surface area contributed by atoms with Crippen LogP contribution in [-0.2, 0) is 30.7 Å². The molecule has 0 aromatic heterocycles. The molecule has 1 aliphatic heterocycles. The van der Waals surface area contributed by atoms with Crippen LogP contribution in [0.4, 0.5) is 11.4 Å². The number of hydrogen-bond acceptors (Lipinski definition) is 7. The van der Waals surface area contributed by atoms with Crippen LogP contribution in [0, 0.1) is 0 Å². The van der Waals surface area contributed by atoms with Crippen LogP contribution < -0.4 is 9.62 Å². The molecule has 1 heterocycles. The molecule has 9 nitrogen and oxygen atoms in total. The van der Waals surface area contributed by atoms with Crippen molar-refractivity contribution >= 4 is 55.2 Å². The minimum Gasteiger partial charge on any atom is -0.465 e. The van der Waals surface area contributed by atoms with E-state index in [2.05, 4.69) is 30.1 Å². The van der Waals surface area contributed by atoms with Gasteiger partial charge in [0.2, 0.25) is 5.91 Å². The molecule has 1 N–H and O–H groups in total. The Hall–Kier alpha value is -2.92. The van der Waals surface area contributed by atoms with Crippen molar-refractivity contribution in [1.82, 2.24) is 0 Å². The average molecular weight is 525 g/mol. The quantitative estimate of drug-likeness (QED) is 0.596. The molecule has 1 aliphatic rings. The van der Waals surface area contributed by atoms with Gasteiger partial charge in [-0.05, 0) is 49.2 Å². The number of nitrogens with zero attached hydrogens (tertiary/aromatic N) is 1. The van der Waals surface area contributed by atoms with Crippen LogP contribution in [-0.4, -0.2) is 46.5 Å². The molecule has 32 heavy (non-hydrogen) atoms. The van der Waals surface area contributed by atoms with Gasteiger partial charge in [0, 0.05) is 17.4 Å². The molecule has 170 valence electrons. The summed E-state index contributed by atoms with van der Waals surface area (Å²) in [5.74, 6) is -1.79. The Kier molecular flexibility index (Phi) is 6.61. The predicted molar refractivity (Wildman–Crippen MR) is 120 cm³/mol. The molecule has 0 spiro atoms. The van der Waals surface area contributed by atoms with Crippen molar-refractivity contribution in [2.24, 2.45) is 0 Å². The second-order valence-electron chi connectivity index (χ2n) is 7.24. The number of nitrogens with one attached hydrogen (secondary N) is 1. The number of fused-ring (bicyclic) bond motifs is 1. The first-order chi connectivity index (χ1) is 15.0. The number of methoxy groups -OCH3 is 2. The highest BCUT2D eigenvalue weighted by Crippen LogP contribution is 2.40. The van der Waals surface area contributed by atoms with Gasteiger partial charge < -0.3 is 14.4 Å². The average Bonchev–Trinajstić information content (AvgIpc) is 3.06. The number of benzene rings is 2. The summed E-state index contributed by atoms with van der Waals surface area (Å²) in [7, 11) is -1.90. The van der Waals surface area contributed by atoms with E-state index in [1.807, 2.05) is 6.92 Å². The van der Waals surface area contributed by atoms with Gasteiger partial charge in [-0.3, -0.25) is 9.52 Å². The third-order valence-electron chi connectivity index (χ3n) is 4.97. The van der Waals surface area contributed by atoms with Gasteiger partial charge >= 0.3 is 11.9 Å². The van der Waals surface area contributed by atoms with Crippen molar-refractivity contribution in [2.45, 2.75) is 31.2 Å². The first-order valence-corrected chi connectivity index (χ1v) is 11.7. The van der Waals surface area contributed by atoms with Crippen LogP contribution in [0.1, 0.15) is 40.1 Å². The van der Waals surface area contributed by atoms with Crippen LogP contribution in [0.2, 0.25) is 0 Å². The molecule has 0 radical (unpaired) electrons. The smallest absolute Gasteiger partial charge is 0.337 e. The molecule has 0 fully saturated rings. The highest BCUT2D eigenvalue weighted by atomic mass is 79.9. The zero-order chi connectivity index (χ0) is 23.8. The lowest BCUT2D eigenvalue weighted by atomic mass is 10.1. The van der Waals surface area contributed by atoms with Gasteiger partial charge in [0.15, 0.2) is 0 Å². The second kappa shape index (κ2) is 8.91. The molecule has 0 bridgehead atoms. The molecule has 2 aromatic carbocycles. The molecule has 2 aromatic rings. The van der Waals surface area contributed by atoms with E-state index in [1.165, 1.54) is 50.3 Å². The van der Waals surface area contributed by atoms with Crippen molar-refractivity contribution < 1.29 is 32.3 Å². The lowest BCUT2D eigenvalue weighted by molar-refractivity contribution is -0.116. The maximum absolute atomic E-state index is 13.4. The first-order valence-electron chi connectivity index (χ1n) is 9.45. The van der Waals surface area contributed by atoms with Crippen molar-refractivity contribution in [3.63, 3.8) is 0 Å². The number of sulfonamides is 1. The molecule has 0 saturated heterocycles. The summed E-state index contributed by atoms with van der Waals surface area (Å²) in [5.41, 5.74) is 0.902. The molecule has 1 atom stereocenters. The van der Waals surface area contributed by atoms with Gasteiger partial charge in [-0.15, -0.1) is 0 Å². The van der Waals surface area contributed by atoms with E-state index >= 15 is 0 Å². The van der Waals surface area contributed by atoms with Crippen LogP contribution in [0.3, 0.4) is 0 Å². The standard InChI is InChI=1S/C21H21BrN2O7S/c1-11-5-13-7-16(22)10-18(19(13)24(11)12(2)25)32(28,29)23-17-8-14(20(26)30-3)6-15(9-17)21(27)31-4/h6-11,23H,5H2,1-4H3/t11-/m0/s1. The number of amides is 1. The van der Waals surface area contributed by atoms with Crippen LogP contribution in [0.5, 0.6) is 0 Å². The molecule has 11 heteroatoms. The molecular weight excluding hydrogens is 504 g/mol. The zero-order valence-electron chi connectivity index (χ0n) is 17.8. The second-order valence-corrected chi connectivity index (χ2v) is 9.81. The fourth-order valence-corrected chi connectivity index (χ4v) is 5.69. The summed E-state index contributed by atoms with van der Waals surface area (Å²) in [6.07, 6.45) is 0.501. The third-order valence-corrected chi connectivity index (χ3v) is 6.82.